The first-order chi connectivity index (χ1) is 5.00. The van der Waals surface area contributed by atoms with Crippen LogP contribution in [0, 0.1) is 0 Å². The summed E-state index contributed by atoms with van der Waals surface area (Å²) < 4.78 is 9.31. The SMILES string of the molecule is C1=NCCO1.C1=NCCO1.[Cu+]. The van der Waals surface area contributed by atoms with Crippen molar-refractivity contribution >= 4 is 12.8 Å². The number of rotatable bonds is 0. The zero-order valence-corrected chi connectivity index (χ0v) is 6.94. The fraction of sp³-hybridized carbons (Fsp3) is 0.667. The van der Waals surface area contributed by atoms with Gasteiger partial charge in [-0.05, 0) is 0 Å². The Kier molecular flexibility index (Phi) is 7.19. The van der Waals surface area contributed by atoms with E-state index in [0.29, 0.717) is 0 Å². The Balaban J connectivity index is 0.000000167. The largest absolute Gasteiger partial charge is 1.00 e. The zero-order chi connectivity index (χ0) is 7.07. The molecule has 0 aromatic carbocycles. The monoisotopic (exact) mass is 205 g/mol. The molecular formula is C6H10CuN2O2+. The van der Waals surface area contributed by atoms with E-state index in [1.807, 2.05) is 0 Å². The summed E-state index contributed by atoms with van der Waals surface area (Å²) >= 11 is 0. The van der Waals surface area contributed by atoms with Crippen LogP contribution >= 0.6 is 0 Å². The van der Waals surface area contributed by atoms with E-state index in [0.717, 1.165) is 26.3 Å². The van der Waals surface area contributed by atoms with Crippen molar-refractivity contribution in [2.45, 2.75) is 0 Å². The minimum absolute atomic E-state index is 0. The molecule has 0 bridgehead atoms. The summed E-state index contributed by atoms with van der Waals surface area (Å²) in [4.78, 5) is 7.47. The Morgan fingerprint density at radius 2 is 1.36 bits per heavy atom. The smallest absolute Gasteiger partial charge is 0.482 e. The van der Waals surface area contributed by atoms with Crippen molar-refractivity contribution in [3.8, 4) is 0 Å². The third kappa shape index (κ3) is 5.88. The minimum Gasteiger partial charge on any atom is -0.482 e. The molecule has 0 radical (unpaired) electrons. The molecule has 2 rings (SSSR count). The summed E-state index contributed by atoms with van der Waals surface area (Å²) in [6.45, 7) is 3.25. The van der Waals surface area contributed by atoms with E-state index in [4.69, 9.17) is 0 Å². The molecule has 4 nitrogen and oxygen atoms in total. The third-order valence-corrected chi connectivity index (χ3v) is 0.975. The van der Waals surface area contributed by atoms with Crippen molar-refractivity contribution in [3.05, 3.63) is 0 Å². The van der Waals surface area contributed by atoms with E-state index >= 15 is 0 Å². The molecule has 2 heterocycles. The van der Waals surface area contributed by atoms with Crippen LogP contribution in [0.4, 0.5) is 0 Å². The van der Waals surface area contributed by atoms with Crippen LogP contribution in [0.25, 0.3) is 0 Å². The van der Waals surface area contributed by atoms with Gasteiger partial charge in [-0.25, -0.2) is 0 Å². The van der Waals surface area contributed by atoms with Crippen molar-refractivity contribution in [3.63, 3.8) is 0 Å². The number of aliphatic imine (C=N–C) groups is 2. The van der Waals surface area contributed by atoms with Gasteiger partial charge in [0.2, 0.25) is 0 Å². The van der Waals surface area contributed by atoms with Gasteiger partial charge in [0, 0.05) is 0 Å². The van der Waals surface area contributed by atoms with E-state index in [9.17, 15) is 0 Å². The second-order valence-electron chi connectivity index (χ2n) is 1.76. The van der Waals surface area contributed by atoms with Gasteiger partial charge in [0.15, 0.2) is 12.8 Å². The molecule has 2 aliphatic heterocycles. The molecule has 0 aliphatic carbocycles. The summed E-state index contributed by atoms with van der Waals surface area (Å²) in [5, 5.41) is 0. The molecular weight excluding hydrogens is 196 g/mol. The van der Waals surface area contributed by atoms with Gasteiger partial charge in [0.25, 0.3) is 0 Å². The van der Waals surface area contributed by atoms with Crippen LogP contribution in [0.5, 0.6) is 0 Å². The van der Waals surface area contributed by atoms with Gasteiger partial charge in [0.1, 0.15) is 13.2 Å². The summed E-state index contributed by atoms with van der Waals surface area (Å²) in [6.07, 6.45) is 2.97. The van der Waals surface area contributed by atoms with Gasteiger partial charge >= 0.3 is 17.1 Å². The molecule has 0 aromatic heterocycles. The van der Waals surface area contributed by atoms with Crippen molar-refractivity contribution in [1.29, 1.82) is 0 Å². The molecule has 0 atom stereocenters. The van der Waals surface area contributed by atoms with Crippen molar-refractivity contribution in [1.82, 2.24) is 0 Å². The quantitative estimate of drug-likeness (QED) is 0.526. The standard InChI is InChI=1S/2C3H5NO.Cu/c2*1-2-5-3-4-1;/h2*3H,1-2H2;/q;;+1. The molecule has 2 aliphatic rings. The van der Waals surface area contributed by atoms with Gasteiger partial charge in [-0.1, -0.05) is 0 Å². The molecule has 11 heavy (non-hydrogen) atoms. The van der Waals surface area contributed by atoms with Gasteiger partial charge in [-0.15, -0.1) is 0 Å². The van der Waals surface area contributed by atoms with Gasteiger partial charge in [-0.2, -0.15) is 0 Å². The maximum absolute atomic E-state index is 4.65. The minimum atomic E-state index is 0. The normalized spacial score (nSPS) is 17.5. The fourth-order valence-electron chi connectivity index (χ4n) is 0.527. The van der Waals surface area contributed by atoms with Crippen molar-refractivity contribution in [2.24, 2.45) is 9.98 Å². The van der Waals surface area contributed by atoms with E-state index in [1.54, 1.807) is 0 Å². The first kappa shape index (κ1) is 10.5. The van der Waals surface area contributed by atoms with Gasteiger partial charge < -0.3 is 9.47 Å². The molecule has 66 valence electrons. The van der Waals surface area contributed by atoms with E-state index in [2.05, 4.69) is 19.5 Å². The second kappa shape index (κ2) is 7.57. The summed E-state index contributed by atoms with van der Waals surface area (Å²) in [5.74, 6) is 0. The average molecular weight is 206 g/mol. The Labute approximate surface area is 76.2 Å². The molecule has 0 saturated heterocycles. The molecule has 0 spiro atoms. The van der Waals surface area contributed by atoms with E-state index < -0.39 is 0 Å². The molecule has 0 unspecified atom stereocenters. The molecule has 0 saturated carbocycles. The first-order valence-electron chi connectivity index (χ1n) is 3.20. The average Bonchev–Trinajstić information content (AvgIpc) is 2.67. The summed E-state index contributed by atoms with van der Waals surface area (Å²) in [5.41, 5.74) is 0. The Morgan fingerprint density at radius 1 is 0.909 bits per heavy atom. The predicted octanol–water partition coefficient (Wildman–Crippen LogP) is 0.0873. The van der Waals surface area contributed by atoms with Crippen LogP contribution in [0.2, 0.25) is 0 Å². The maximum Gasteiger partial charge on any atom is 1.00 e. The van der Waals surface area contributed by atoms with E-state index in [-0.39, 0.29) is 17.1 Å². The topological polar surface area (TPSA) is 43.2 Å². The predicted molar refractivity (Wildman–Crippen MR) is 38.6 cm³/mol. The zero-order valence-electron chi connectivity index (χ0n) is 6.00. The van der Waals surface area contributed by atoms with E-state index in [1.165, 1.54) is 12.8 Å². The van der Waals surface area contributed by atoms with Gasteiger partial charge in [-0.3, -0.25) is 9.98 Å². The van der Waals surface area contributed by atoms with Crippen LogP contribution in [0.15, 0.2) is 9.98 Å². The molecule has 0 fully saturated rings. The summed E-state index contributed by atoms with van der Waals surface area (Å²) in [7, 11) is 0. The number of hydrogen-bond acceptors (Lipinski definition) is 4. The van der Waals surface area contributed by atoms with Crippen LogP contribution in [-0.2, 0) is 26.5 Å². The number of ether oxygens (including phenoxy) is 2. The molecule has 0 aromatic rings. The Morgan fingerprint density at radius 3 is 1.45 bits per heavy atom. The van der Waals surface area contributed by atoms with Gasteiger partial charge in [0.05, 0.1) is 13.1 Å². The Hall–Kier alpha value is -0.541. The fourth-order valence-corrected chi connectivity index (χ4v) is 0.527. The van der Waals surface area contributed by atoms with Crippen molar-refractivity contribution < 1.29 is 26.5 Å². The van der Waals surface area contributed by atoms with Crippen LogP contribution < -0.4 is 0 Å². The number of hydrogen-bond donors (Lipinski definition) is 0. The molecule has 0 amide bonds. The van der Waals surface area contributed by atoms with Crippen LogP contribution in [0.1, 0.15) is 0 Å². The summed E-state index contributed by atoms with van der Waals surface area (Å²) in [6, 6.07) is 0. The van der Waals surface area contributed by atoms with Crippen molar-refractivity contribution in [2.75, 3.05) is 26.3 Å². The second-order valence-corrected chi connectivity index (χ2v) is 1.76. The maximum atomic E-state index is 4.65. The molecule has 0 N–H and O–H groups in total. The third-order valence-electron chi connectivity index (χ3n) is 0.975. The first-order valence-corrected chi connectivity index (χ1v) is 3.20. The Bertz CT molecular complexity index is 111. The number of nitrogens with zero attached hydrogens (tertiary/aromatic N) is 2. The molecule has 5 heteroatoms. The van der Waals surface area contributed by atoms with Crippen LogP contribution in [0.3, 0.4) is 0 Å². The van der Waals surface area contributed by atoms with Crippen LogP contribution in [-0.4, -0.2) is 39.1 Å².